The number of rotatable bonds is 9. The lowest BCUT2D eigenvalue weighted by Crippen LogP contribution is -2.42. The van der Waals surface area contributed by atoms with Crippen LogP contribution in [0.1, 0.15) is 31.2 Å². The Morgan fingerprint density at radius 2 is 2.12 bits per heavy atom. The molecule has 1 amide bonds. The van der Waals surface area contributed by atoms with Crippen LogP contribution in [0.5, 0.6) is 5.75 Å². The van der Waals surface area contributed by atoms with Crippen LogP contribution in [-0.4, -0.2) is 50.3 Å². The van der Waals surface area contributed by atoms with Crippen molar-refractivity contribution in [2.45, 2.75) is 38.3 Å². The number of nitrogens with one attached hydrogen (secondary N) is 1. The Labute approximate surface area is 156 Å². The molecule has 1 saturated heterocycles. The highest BCUT2D eigenvalue weighted by Gasteiger charge is 2.25. The van der Waals surface area contributed by atoms with Crippen molar-refractivity contribution in [2.24, 2.45) is 5.92 Å². The maximum atomic E-state index is 12.7. The fourth-order valence-electron chi connectivity index (χ4n) is 3.14. The average molecular weight is 369 g/mol. The Morgan fingerprint density at radius 3 is 2.80 bits per heavy atom. The number of ether oxygens (including phenoxy) is 2. The summed E-state index contributed by atoms with van der Waals surface area (Å²) in [6, 6.07) is 7.89. The van der Waals surface area contributed by atoms with Gasteiger partial charge in [0.1, 0.15) is 5.75 Å². The summed E-state index contributed by atoms with van der Waals surface area (Å²) in [5, 5.41) is 3.30. The molecule has 140 valence electrons. The zero-order chi connectivity index (χ0) is 16.8. The molecule has 1 aliphatic heterocycles. The molecule has 0 spiro atoms. The van der Waals surface area contributed by atoms with Crippen LogP contribution >= 0.6 is 12.4 Å². The van der Waals surface area contributed by atoms with E-state index in [-0.39, 0.29) is 24.4 Å². The van der Waals surface area contributed by atoms with Gasteiger partial charge in [-0.15, -0.1) is 12.4 Å². The molecule has 1 N–H and O–H groups in total. The summed E-state index contributed by atoms with van der Waals surface area (Å²) in [7, 11) is 1.67. The Bertz CT molecular complexity index is 545. The van der Waals surface area contributed by atoms with Crippen molar-refractivity contribution < 1.29 is 14.3 Å². The number of para-hydroxylation sites is 1. The third-order valence-electron chi connectivity index (χ3n) is 4.76. The molecule has 1 unspecified atom stereocenters. The van der Waals surface area contributed by atoms with Crippen molar-refractivity contribution in [1.82, 2.24) is 10.2 Å². The number of amides is 1. The normalized spacial score (nSPS) is 19.3. The van der Waals surface area contributed by atoms with Gasteiger partial charge in [0.25, 0.3) is 0 Å². The third-order valence-corrected chi connectivity index (χ3v) is 4.76. The first-order chi connectivity index (χ1) is 11.8. The molecule has 25 heavy (non-hydrogen) atoms. The summed E-state index contributed by atoms with van der Waals surface area (Å²) in [5.41, 5.74) is 1.04. The zero-order valence-electron chi connectivity index (χ0n) is 14.9. The molecule has 1 heterocycles. The number of halogens is 1. The molecule has 1 atom stereocenters. The molecule has 3 rings (SSSR count). The average Bonchev–Trinajstić information content (AvgIpc) is 3.28. The number of hydrogen-bond acceptors (Lipinski definition) is 4. The van der Waals surface area contributed by atoms with Gasteiger partial charge < -0.3 is 19.7 Å². The number of benzene rings is 1. The summed E-state index contributed by atoms with van der Waals surface area (Å²) < 4.78 is 11.2. The van der Waals surface area contributed by atoms with Crippen LogP contribution in [0.2, 0.25) is 0 Å². The molecule has 6 heteroatoms. The minimum absolute atomic E-state index is 0. The van der Waals surface area contributed by atoms with Crippen LogP contribution in [0, 0.1) is 5.92 Å². The van der Waals surface area contributed by atoms with Crippen molar-refractivity contribution in [3.05, 3.63) is 29.8 Å². The van der Waals surface area contributed by atoms with E-state index in [4.69, 9.17) is 9.47 Å². The van der Waals surface area contributed by atoms with Gasteiger partial charge >= 0.3 is 0 Å². The van der Waals surface area contributed by atoms with E-state index in [1.165, 1.54) is 12.8 Å². The van der Waals surface area contributed by atoms with E-state index in [9.17, 15) is 4.79 Å². The molecule has 1 aromatic rings. The highest BCUT2D eigenvalue weighted by atomic mass is 35.5. The minimum atomic E-state index is 0. The number of hydrogen-bond donors (Lipinski definition) is 1. The van der Waals surface area contributed by atoms with E-state index < -0.39 is 0 Å². The lowest BCUT2D eigenvalue weighted by molar-refractivity contribution is -0.132. The molecule has 2 aliphatic rings. The van der Waals surface area contributed by atoms with Gasteiger partial charge in [-0.05, 0) is 44.2 Å². The highest BCUT2D eigenvalue weighted by Crippen LogP contribution is 2.27. The van der Waals surface area contributed by atoms with Gasteiger partial charge in [-0.2, -0.15) is 0 Å². The summed E-state index contributed by atoms with van der Waals surface area (Å²) >= 11 is 0. The Hall–Kier alpha value is -1.30. The molecule has 0 aromatic heterocycles. The summed E-state index contributed by atoms with van der Waals surface area (Å²) in [4.78, 5) is 14.6. The SMILES string of the molecule is COc1ccccc1CN(CC1CCCO1)C(=O)CNCC1CC1.Cl. The Kier molecular flexibility index (Phi) is 8.00. The lowest BCUT2D eigenvalue weighted by atomic mass is 10.1. The van der Waals surface area contributed by atoms with Gasteiger partial charge in [0.05, 0.1) is 19.8 Å². The first kappa shape index (κ1) is 20.0. The van der Waals surface area contributed by atoms with Crippen LogP contribution in [0.15, 0.2) is 24.3 Å². The maximum absolute atomic E-state index is 12.7. The molecule has 1 aromatic carbocycles. The number of methoxy groups -OCH3 is 1. The third kappa shape index (κ3) is 6.17. The van der Waals surface area contributed by atoms with Gasteiger partial charge in [0, 0.05) is 25.3 Å². The van der Waals surface area contributed by atoms with E-state index >= 15 is 0 Å². The van der Waals surface area contributed by atoms with Gasteiger partial charge in [-0.3, -0.25) is 4.79 Å². The smallest absolute Gasteiger partial charge is 0.236 e. The second-order valence-electron chi connectivity index (χ2n) is 6.80. The molecular weight excluding hydrogens is 340 g/mol. The molecule has 0 radical (unpaired) electrons. The van der Waals surface area contributed by atoms with Gasteiger partial charge in [-0.1, -0.05) is 18.2 Å². The van der Waals surface area contributed by atoms with E-state index in [1.54, 1.807) is 7.11 Å². The standard InChI is InChI=1S/C19H28N2O3.ClH/c1-23-18-7-3-2-5-16(18)13-21(14-17-6-4-10-24-17)19(22)12-20-11-15-8-9-15;/h2-3,5,7,15,17,20H,4,6,8-14H2,1H3;1H. The lowest BCUT2D eigenvalue weighted by Gasteiger charge is -2.26. The van der Waals surface area contributed by atoms with E-state index in [1.807, 2.05) is 29.2 Å². The van der Waals surface area contributed by atoms with Crippen LogP contribution < -0.4 is 10.1 Å². The van der Waals surface area contributed by atoms with E-state index in [0.717, 1.165) is 43.2 Å². The second-order valence-corrected chi connectivity index (χ2v) is 6.80. The van der Waals surface area contributed by atoms with E-state index in [0.29, 0.717) is 19.6 Å². The first-order valence-corrected chi connectivity index (χ1v) is 8.98. The quantitative estimate of drug-likeness (QED) is 0.728. The van der Waals surface area contributed by atoms with Crippen molar-refractivity contribution in [3.63, 3.8) is 0 Å². The Balaban J connectivity index is 0.00000225. The fraction of sp³-hybridized carbons (Fsp3) is 0.632. The van der Waals surface area contributed by atoms with Gasteiger partial charge in [-0.25, -0.2) is 0 Å². The fourth-order valence-corrected chi connectivity index (χ4v) is 3.14. The van der Waals surface area contributed by atoms with Gasteiger partial charge in [0.15, 0.2) is 0 Å². The predicted molar refractivity (Wildman–Crippen MR) is 100 cm³/mol. The molecule has 5 nitrogen and oxygen atoms in total. The largest absolute Gasteiger partial charge is 0.496 e. The predicted octanol–water partition coefficient (Wildman–Crippen LogP) is 2.62. The summed E-state index contributed by atoms with van der Waals surface area (Å²) in [6.45, 7) is 3.38. The summed E-state index contributed by atoms with van der Waals surface area (Å²) in [5.74, 6) is 1.74. The van der Waals surface area contributed by atoms with Gasteiger partial charge in [0.2, 0.25) is 5.91 Å². The first-order valence-electron chi connectivity index (χ1n) is 8.98. The molecule has 1 saturated carbocycles. The van der Waals surface area contributed by atoms with Crippen LogP contribution in [0.3, 0.4) is 0 Å². The highest BCUT2D eigenvalue weighted by molar-refractivity contribution is 5.85. The number of carbonyl (C=O) groups excluding carboxylic acids is 1. The van der Waals surface area contributed by atoms with E-state index in [2.05, 4.69) is 5.32 Å². The Morgan fingerprint density at radius 1 is 1.32 bits per heavy atom. The zero-order valence-corrected chi connectivity index (χ0v) is 15.7. The molecule has 0 bridgehead atoms. The molecule has 2 fully saturated rings. The number of carbonyl (C=O) groups is 1. The van der Waals surface area contributed by atoms with Crippen molar-refractivity contribution in [3.8, 4) is 5.75 Å². The topological polar surface area (TPSA) is 50.8 Å². The monoisotopic (exact) mass is 368 g/mol. The molecule has 1 aliphatic carbocycles. The van der Waals surface area contributed by atoms with Crippen molar-refractivity contribution in [2.75, 3.05) is 33.4 Å². The maximum Gasteiger partial charge on any atom is 0.236 e. The van der Waals surface area contributed by atoms with Crippen LogP contribution in [-0.2, 0) is 16.1 Å². The minimum Gasteiger partial charge on any atom is -0.496 e. The van der Waals surface area contributed by atoms with Crippen LogP contribution in [0.25, 0.3) is 0 Å². The van der Waals surface area contributed by atoms with Crippen molar-refractivity contribution >= 4 is 18.3 Å². The van der Waals surface area contributed by atoms with Crippen molar-refractivity contribution in [1.29, 1.82) is 0 Å². The summed E-state index contributed by atoms with van der Waals surface area (Å²) in [6.07, 6.45) is 4.86. The van der Waals surface area contributed by atoms with Crippen LogP contribution in [0.4, 0.5) is 0 Å². The number of nitrogens with zero attached hydrogens (tertiary/aromatic N) is 1. The molecular formula is C19H29ClN2O3. The second kappa shape index (κ2) is 10.00.